The quantitative estimate of drug-likeness (QED) is 0.572. The lowest BCUT2D eigenvalue weighted by molar-refractivity contribution is -0.120. The number of aryl methyl sites for hydroxylation is 2. The van der Waals surface area contributed by atoms with E-state index in [-0.39, 0.29) is 47.1 Å². The van der Waals surface area contributed by atoms with Gasteiger partial charge in [-0.2, -0.15) is 4.31 Å². The molecule has 2 N–H and O–H groups in total. The number of anilines is 1. The normalized spacial score (nSPS) is 17.7. The Morgan fingerprint density at radius 1 is 0.917 bits per heavy atom. The maximum Gasteiger partial charge on any atom is 0.257 e. The zero-order valence-electron chi connectivity index (χ0n) is 21.1. The lowest BCUT2D eigenvalue weighted by Gasteiger charge is -2.31. The Labute approximate surface area is 212 Å². The summed E-state index contributed by atoms with van der Waals surface area (Å²) < 4.78 is 28.8. The van der Waals surface area contributed by atoms with Crippen LogP contribution in [-0.2, 0) is 14.8 Å². The molecule has 194 valence electrons. The molecule has 0 unspecified atom stereocenters. The third kappa shape index (κ3) is 5.24. The maximum absolute atomic E-state index is 13.7. The number of sulfonamides is 1. The molecular weight excluding hydrogens is 480 g/mol. The number of aromatic amines is 1. The van der Waals surface area contributed by atoms with Crippen LogP contribution in [0.2, 0.25) is 0 Å². The van der Waals surface area contributed by atoms with Gasteiger partial charge in [0.15, 0.2) is 5.78 Å². The van der Waals surface area contributed by atoms with Gasteiger partial charge in [-0.25, -0.2) is 8.42 Å². The van der Waals surface area contributed by atoms with Gasteiger partial charge in [0.2, 0.25) is 15.9 Å². The van der Waals surface area contributed by atoms with Crippen molar-refractivity contribution in [1.29, 1.82) is 0 Å². The molecule has 2 fully saturated rings. The number of hydrogen-bond donors (Lipinski definition) is 2. The monoisotopic (exact) mass is 514 g/mol. The van der Waals surface area contributed by atoms with Crippen molar-refractivity contribution >= 4 is 33.3 Å². The van der Waals surface area contributed by atoms with Gasteiger partial charge in [-0.05, 0) is 77.1 Å². The Hall–Kier alpha value is -2.98. The van der Waals surface area contributed by atoms with E-state index in [0.717, 1.165) is 19.3 Å². The van der Waals surface area contributed by atoms with Gasteiger partial charge in [0.1, 0.15) is 4.90 Å². The van der Waals surface area contributed by atoms with Crippen LogP contribution in [0.15, 0.2) is 29.2 Å². The van der Waals surface area contributed by atoms with Crippen molar-refractivity contribution in [2.45, 2.75) is 57.8 Å². The smallest absolute Gasteiger partial charge is 0.257 e. The number of likely N-dealkylation sites (tertiary alicyclic amines) is 1. The predicted molar refractivity (Wildman–Crippen MR) is 137 cm³/mol. The second-order valence-corrected chi connectivity index (χ2v) is 11.6. The maximum atomic E-state index is 13.7. The van der Waals surface area contributed by atoms with Crippen molar-refractivity contribution < 1.29 is 22.8 Å². The highest BCUT2D eigenvalue weighted by molar-refractivity contribution is 7.89. The van der Waals surface area contributed by atoms with E-state index in [1.807, 2.05) is 0 Å². The van der Waals surface area contributed by atoms with E-state index in [4.69, 9.17) is 0 Å². The molecule has 4 rings (SSSR count). The number of hydrogen-bond acceptors (Lipinski definition) is 5. The summed E-state index contributed by atoms with van der Waals surface area (Å²) in [7, 11) is -3.92. The average molecular weight is 515 g/mol. The van der Waals surface area contributed by atoms with Crippen molar-refractivity contribution in [1.82, 2.24) is 14.2 Å². The summed E-state index contributed by atoms with van der Waals surface area (Å²) in [6, 6.07) is 6.70. The molecule has 0 spiro atoms. The first-order valence-corrected chi connectivity index (χ1v) is 13.9. The summed E-state index contributed by atoms with van der Waals surface area (Å²) in [6.45, 7) is 6.58. The van der Waals surface area contributed by atoms with Crippen LogP contribution in [0.4, 0.5) is 5.69 Å². The van der Waals surface area contributed by atoms with Crippen LogP contribution >= 0.6 is 0 Å². The minimum atomic E-state index is -3.92. The van der Waals surface area contributed by atoms with Crippen LogP contribution in [0.1, 0.15) is 71.1 Å². The third-order valence-electron chi connectivity index (χ3n) is 7.16. The highest BCUT2D eigenvalue weighted by Gasteiger charge is 2.38. The SMILES string of the molecule is CC(=O)c1ccc(NC(=O)C2CCN(S(=O)(=O)c3c(C)[nH]c(C)c3C(=O)N3CCCCC3)CC2)cc1. The summed E-state index contributed by atoms with van der Waals surface area (Å²) in [5.74, 6) is -0.778. The molecule has 2 aliphatic heterocycles. The van der Waals surface area contributed by atoms with Crippen molar-refractivity contribution in [2.75, 3.05) is 31.5 Å². The van der Waals surface area contributed by atoms with E-state index in [0.29, 0.717) is 48.6 Å². The van der Waals surface area contributed by atoms with E-state index in [9.17, 15) is 22.8 Å². The largest absolute Gasteiger partial charge is 0.361 e. The lowest BCUT2D eigenvalue weighted by Crippen LogP contribution is -2.42. The minimum absolute atomic E-state index is 0.0462. The predicted octanol–water partition coefficient (Wildman–Crippen LogP) is 3.50. The number of rotatable bonds is 6. The fraction of sp³-hybridized carbons (Fsp3) is 0.500. The summed E-state index contributed by atoms with van der Waals surface area (Å²) in [4.78, 5) is 42.4. The molecule has 10 heteroatoms. The van der Waals surface area contributed by atoms with Crippen LogP contribution in [-0.4, -0.2) is 66.4 Å². The van der Waals surface area contributed by atoms with Crippen molar-refractivity contribution in [3.8, 4) is 0 Å². The van der Waals surface area contributed by atoms with Gasteiger partial charge < -0.3 is 15.2 Å². The molecule has 36 heavy (non-hydrogen) atoms. The summed E-state index contributed by atoms with van der Waals surface area (Å²) in [6.07, 6.45) is 3.69. The molecule has 3 heterocycles. The number of aromatic nitrogens is 1. The van der Waals surface area contributed by atoms with Crippen LogP contribution in [0.5, 0.6) is 0 Å². The first-order chi connectivity index (χ1) is 17.1. The fourth-order valence-corrected chi connectivity index (χ4v) is 7.00. The molecule has 1 aromatic heterocycles. The van der Waals surface area contributed by atoms with E-state index < -0.39 is 10.0 Å². The number of Topliss-reactive ketones (excluding diaryl/α,β-unsaturated/α-hetero) is 1. The molecule has 0 radical (unpaired) electrons. The molecule has 9 nitrogen and oxygen atoms in total. The van der Waals surface area contributed by atoms with E-state index >= 15 is 0 Å². The number of ketones is 1. The van der Waals surface area contributed by atoms with Gasteiger partial charge in [-0.15, -0.1) is 0 Å². The van der Waals surface area contributed by atoms with Gasteiger partial charge >= 0.3 is 0 Å². The van der Waals surface area contributed by atoms with Crippen LogP contribution in [0.25, 0.3) is 0 Å². The van der Waals surface area contributed by atoms with Gasteiger partial charge in [-0.1, -0.05) is 0 Å². The minimum Gasteiger partial charge on any atom is -0.361 e. The number of nitrogens with one attached hydrogen (secondary N) is 2. The molecule has 1 aromatic carbocycles. The molecule has 2 aromatic rings. The topological polar surface area (TPSA) is 120 Å². The molecular formula is C26H34N4O5S. The average Bonchev–Trinajstić information content (AvgIpc) is 3.18. The van der Waals surface area contributed by atoms with Crippen LogP contribution in [0.3, 0.4) is 0 Å². The number of amides is 2. The van der Waals surface area contributed by atoms with E-state index in [2.05, 4.69) is 10.3 Å². The molecule has 2 aliphatic rings. The number of piperidine rings is 2. The zero-order chi connectivity index (χ0) is 26.0. The number of H-pyrrole nitrogens is 1. The van der Waals surface area contributed by atoms with Crippen LogP contribution < -0.4 is 5.32 Å². The first-order valence-electron chi connectivity index (χ1n) is 12.5. The Bertz CT molecular complexity index is 1250. The second kappa shape index (κ2) is 10.6. The summed E-state index contributed by atoms with van der Waals surface area (Å²) in [5.41, 5.74) is 2.43. The fourth-order valence-electron chi connectivity index (χ4n) is 5.11. The number of carbonyl (C=O) groups excluding carboxylic acids is 3. The van der Waals surface area contributed by atoms with Gasteiger partial charge in [0.25, 0.3) is 5.91 Å². The molecule has 0 atom stereocenters. The molecule has 0 saturated carbocycles. The molecule has 0 bridgehead atoms. The standard InChI is InChI=1S/C26H34N4O5S/c1-17-23(26(33)29-13-5-4-6-14-29)24(18(2)27-17)36(34,35)30-15-11-21(12-16-30)25(32)28-22-9-7-20(8-10-22)19(3)31/h7-10,21,27H,4-6,11-16H2,1-3H3,(H,28,32). The number of carbonyl (C=O) groups is 3. The Kier molecular flexibility index (Phi) is 7.65. The highest BCUT2D eigenvalue weighted by Crippen LogP contribution is 2.31. The molecule has 0 aliphatic carbocycles. The van der Waals surface area contributed by atoms with Crippen molar-refractivity contribution in [3.05, 3.63) is 46.8 Å². The van der Waals surface area contributed by atoms with Gasteiger partial charge in [-0.3, -0.25) is 14.4 Å². The number of nitrogens with zero attached hydrogens (tertiary/aromatic N) is 2. The Morgan fingerprint density at radius 3 is 2.11 bits per heavy atom. The molecule has 2 saturated heterocycles. The van der Waals surface area contributed by atoms with Crippen molar-refractivity contribution in [2.24, 2.45) is 5.92 Å². The summed E-state index contributed by atoms with van der Waals surface area (Å²) >= 11 is 0. The van der Waals surface area contributed by atoms with Gasteiger partial charge in [0.05, 0.1) is 5.56 Å². The molecule has 2 amide bonds. The second-order valence-electron chi connectivity index (χ2n) is 9.73. The van der Waals surface area contributed by atoms with Crippen LogP contribution in [0, 0.1) is 19.8 Å². The lowest BCUT2D eigenvalue weighted by atomic mass is 9.97. The highest BCUT2D eigenvalue weighted by atomic mass is 32.2. The Balaban J connectivity index is 1.45. The Morgan fingerprint density at radius 2 is 1.53 bits per heavy atom. The summed E-state index contributed by atoms with van der Waals surface area (Å²) in [5, 5.41) is 2.86. The zero-order valence-corrected chi connectivity index (χ0v) is 21.9. The van der Waals surface area contributed by atoms with Crippen molar-refractivity contribution in [3.63, 3.8) is 0 Å². The number of benzene rings is 1. The van der Waals surface area contributed by atoms with E-state index in [1.54, 1.807) is 43.0 Å². The third-order valence-corrected chi connectivity index (χ3v) is 9.23. The van der Waals surface area contributed by atoms with E-state index in [1.165, 1.54) is 11.2 Å². The first kappa shape index (κ1) is 26.1. The van der Waals surface area contributed by atoms with Gasteiger partial charge in [0, 0.05) is 54.7 Å².